The van der Waals surface area contributed by atoms with Gasteiger partial charge in [0.1, 0.15) is 19.3 Å². The number of phosphoric ester groups is 2. The molecule has 102 heavy (non-hydrogen) atoms. The van der Waals surface area contributed by atoms with Crippen LogP contribution in [0, 0.1) is 11.8 Å². The fourth-order valence-electron chi connectivity index (χ4n) is 12.9. The van der Waals surface area contributed by atoms with Crippen LogP contribution in [0.25, 0.3) is 0 Å². The largest absolute Gasteiger partial charge is 0.472 e. The number of rotatable bonds is 82. The summed E-state index contributed by atoms with van der Waals surface area (Å²) in [4.78, 5) is 73.1. The van der Waals surface area contributed by atoms with E-state index >= 15 is 0 Å². The van der Waals surface area contributed by atoms with Crippen LogP contribution in [0.1, 0.15) is 440 Å². The van der Waals surface area contributed by atoms with E-state index in [0.717, 1.165) is 102 Å². The Morgan fingerprint density at radius 1 is 0.265 bits per heavy atom. The second kappa shape index (κ2) is 74.5. The number of aliphatic hydroxyl groups is 1. The summed E-state index contributed by atoms with van der Waals surface area (Å²) in [6.45, 7) is 9.68. The number of esters is 4. The van der Waals surface area contributed by atoms with E-state index in [2.05, 4.69) is 41.5 Å². The lowest BCUT2D eigenvalue weighted by atomic mass is 10.0. The zero-order valence-corrected chi connectivity index (χ0v) is 68.7. The Hall–Kier alpha value is -1.94. The number of carbonyl (C=O) groups is 4. The second-order valence-corrected chi connectivity index (χ2v) is 33.7. The molecule has 0 aliphatic carbocycles. The van der Waals surface area contributed by atoms with E-state index in [9.17, 15) is 43.2 Å². The summed E-state index contributed by atoms with van der Waals surface area (Å²) in [7, 11) is -9.92. The van der Waals surface area contributed by atoms with Crippen molar-refractivity contribution in [3.8, 4) is 0 Å². The van der Waals surface area contributed by atoms with Gasteiger partial charge in [0.15, 0.2) is 12.2 Å². The minimum Gasteiger partial charge on any atom is -0.462 e. The Morgan fingerprint density at radius 3 is 0.667 bits per heavy atom. The molecular formula is C83H162O17P2. The highest BCUT2D eigenvalue weighted by atomic mass is 31.2. The average molecular weight is 1490 g/mol. The first-order valence-electron chi connectivity index (χ1n) is 43.0. The predicted molar refractivity (Wildman–Crippen MR) is 418 cm³/mol. The molecule has 0 aliphatic heterocycles. The van der Waals surface area contributed by atoms with Crippen molar-refractivity contribution in [1.82, 2.24) is 0 Å². The summed E-state index contributed by atoms with van der Waals surface area (Å²) >= 11 is 0. The van der Waals surface area contributed by atoms with E-state index in [0.29, 0.717) is 25.7 Å². The van der Waals surface area contributed by atoms with Crippen molar-refractivity contribution >= 4 is 39.5 Å². The molecule has 19 heteroatoms. The monoisotopic (exact) mass is 1490 g/mol. The number of carbonyl (C=O) groups excluding carboxylic acids is 4. The van der Waals surface area contributed by atoms with Gasteiger partial charge in [0.05, 0.1) is 26.4 Å². The van der Waals surface area contributed by atoms with Gasteiger partial charge in [0, 0.05) is 25.7 Å². The number of hydrogen-bond acceptors (Lipinski definition) is 15. The molecule has 5 atom stereocenters. The topological polar surface area (TPSA) is 237 Å². The Labute approximate surface area is 626 Å². The van der Waals surface area contributed by atoms with Crippen molar-refractivity contribution in [2.45, 2.75) is 458 Å². The molecular weight excluding hydrogens is 1330 g/mol. The van der Waals surface area contributed by atoms with E-state index in [1.165, 1.54) is 257 Å². The van der Waals surface area contributed by atoms with Crippen LogP contribution in [0.3, 0.4) is 0 Å². The number of unbranched alkanes of at least 4 members (excludes halogenated alkanes) is 52. The maximum Gasteiger partial charge on any atom is 0.472 e. The summed E-state index contributed by atoms with van der Waals surface area (Å²) in [5, 5.41) is 10.7. The molecule has 0 aromatic rings. The summed E-state index contributed by atoms with van der Waals surface area (Å²) in [6.07, 6.45) is 65.2. The standard InChI is InChI=1S/C83H162O17P2/c1-7-9-11-13-15-17-19-20-21-22-23-24-25-26-29-37-43-49-55-61-67-82(87)99-79(72-94-81(86)66-60-54-48-42-36-30-27-28-34-39-45-51-57-63-75(3)4)74-98-102(91,92)96-70-77(84)69-95-101(89,90)97-73-78(71-93-80(85)65-59-53-47-41-33-18-16-14-12-10-8-2)100-83(88)68-62-56-50-44-38-32-31-35-40-46-52-58-64-76(5)6/h75-79,84H,7-74H2,1-6H3,(H,89,90)(H,91,92)/t77-,78+,79+/m0/s1. The van der Waals surface area contributed by atoms with Crippen LogP contribution in [0.4, 0.5) is 0 Å². The first-order chi connectivity index (χ1) is 49.4. The van der Waals surface area contributed by atoms with Gasteiger partial charge in [-0.3, -0.25) is 37.3 Å². The first-order valence-corrected chi connectivity index (χ1v) is 46.0. The molecule has 0 saturated carbocycles. The van der Waals surface area contributed by atoms with Gasteiger partial charge in [-0.1, -0.05) is 388 Å². The molecule has 17 nitrogen and oxygen atoms in total. The van der Waals surface area contributed by atoms with Crippen molar-refractivity contribution < 1.29 is 80.2 Å². The van der Waals surface area contributed by atoms with Crippen LogP contribution >= 0.6 is 15.6 Å². The molecule has 0 aliphatic rings. The molecule has 0 aromatic heterocycles. The van der Waals surface area contributed by atoms with Crippen molar-refractivity contribution in [1.29, 1.82) is 0 Å². The Bertz CT molecular complexity index is 1960. The highest BCUT2D eigenvalue weighted by Gasteiger charge is 2.30. The molecule has 3 N–H and O–H groups in total. The number of hydrogen-bond donors (Lipinski definition) is 3. The maximum absolute atomic E-state index is 13.1. The van der Waals surface area contributed by atoms with Crippen LogP contribution in [0.15, 0.2) is 0 Å². The second-order valence-electron chi connectivity index (χ2n) is 30.8. The normalized spacial score (nSPS) is 13.9. The van der Waals surface area contributed by atoms with E-state index in [4.69, 9.17) is 37.0 Å². The number of phosphoric acid groups is 2. The Balaban J connectivity index is 5.24. The van der Waals surface area contributed by atoms with Crippen molar-refractivity contribution in [3.63, 3.8) is 0 Å². The third-order valence-corrected chi connectivity index (χ3v) is 21.4. The van der Waals surface area contributed by atoms with Crippen LogP contribution in [0.5, 0.6) is 0 Å². The lowest BCUT2D eigenvalue weighted by molar-refractivity contribution is -0.161. The van der Waals surface area contributed by atoms with Crippen LogP contribution in [-0.4, -0.2) is 96.7 Å². The maximum atomic E-state index is 13.1. The molecule has 0 fully saturated rings. The zero-order valence-electron chi connectivity index (χ0n) is 66.9. The molecule has 0 radical (unpaired) electrons. The van der Waals surface area contributed by atoms with Gasteiger partial charge in [0.2, 0.25) is 0 Å². The molecule has 2 unspecified atom stereocenters. The summed E-state index contributed by atoms with van der Waals surface area (Å²) < 4.78 is 68.8. The predicted octanol–water partition coefficient (Wildman–Crippen LogP) is 25.1. The first kappa shape index (κ1) is 100. The SMILES string of the molecule is CCCCCCCCCCCCCCCCCCCCCCC(=O)O[C@H](COC(=O)CCCCCCCCCCCCCCCC(C)C)COP(=O)(O)OC[C@@H](O)COP(=O)(O)OC[C@@H](COC(=O)CCCCCCCCCCCCC)OC(=O)CCCCCCCCCCCCCCC(C)C. The highest BCUT2D eigenvalue weighted by Crippen LogP contribution is 2.45. The molecule has 0 rings (SSSR count). The molecule has 0 saturated heterocycles. The van der Waals surface area contributed by atoms with Crippen LogP contribution in [0.2, 0.25) is 0 Å². The third-order valence-electron chi connectivity index (χ3n) is 19.5. The van der Waals surface area contributed by atoms with E-state index in [-0.39, 0.29) is 25.7 Å². The van der Waals surface area contributed by atoms with Crippen LogP contribution in [-0.2, 0) is 65.4 Å². The van der Waals surface area contributed by atoms with Crippen molar-refractivity contribution in [2.75, 3.05) is 39.6 Å². The quantitative estimate of drug-likeness (QED) is 0.0222. The number of aliphatic hydroxyl groups excluding tert-OH is 1. The molecule has 0 amide bonds. The van der Waals surface area contributed by atoms with Gasteiger partial charge in [-0.2, -0.15) is 0 Å². The van der Waals surface area contributed by atoms with Crippen LogP contribution < -0.4 is 0 Å². The highest BCUT2D eigenvalue weighted by molar-refractivity contribution is 7.47. The molecule has 0 bridgehead atoms. The summed E-state index contributed by atoms with van der Waals surface area (Å²) in [6, 6.07) is 0. The van der Waals surface area contributed by atoms with E-state index < -0.39 is 97.5 Å². The molecule has 0 aromatic carbocycles. The fraction of sp³-hybridized carbons (Fsp3) is 0.952. The van der Waals surface area contributed by atoms with Gasteiger partial charge >= 0.3 is 39.5 Å². The minimum atomic E-state index is -4.96. The lowest BCUT2D eigenvalue weighted by Crippen LogP contribution is -2.30. The van der Waals surface area contributed by atoms with Gasteiger partial charge in [-0.05, 0) is 37.5 Å². The third kappa shape index (κ3) is 76.3. The summed E-state index contributed by atoms with van der Waals surface area (Å²) in [5.74, 6) is -0.537. The Morgan fingerprint density at radius 2 is 0.451 bits per heavy atom. The van der Waals surface area contributed by atoms with Gasteiger partial charge in [-0.25, -0.2) is 9.13 Å². The van der Waals surface area contributed by atoms with Crippen molar-refractivity contribution in [2.24, 2.45) is 11.8 Å². The molecule has 0 spiro atoms. The van der Waals surface area contributed by atoms with E-state index in [1.807, 2.05) is 0 Å². The average Bonchev–Trinajstić information content (AvgIpc) is 0.942. The Kier molecular flexibility index (Phi) is 73.1. The fourth-order valence-corrected chi connectivity index (χ4v) is 14.5. The zero-order chi connectivity index (χ0) is 74.9. The lowest BCUT2D eigenvalue weighted by Gasteiger charge is -2.21. The molecule has 0 heterocycles. The molecule has 606 valence electrons. The minimum absolute atomic E-state index is 0.107. The van der Waals surface area contributed by atoms with E-state index in [1.54, 1.807) is 0 Å². The smallest absolute Gasteiger partial charge is 0.462 e. The summed E-state index contributed by atoms with van der Waals surface area (Å²) in [5.41, 5.74) is 0. The van der Waals surface area contributed by atoms with Gasteiger partial charge in [-0.15, -0.1) is 0 Å². The van der Waals surface area contributed by atoms with Gasteiger partial charge < -0.3 is 33.8 Å². The number of ether oxygens (including phenoxy) is 4. The van der Waals surface area contributed by atoms with Crippen molar-refractivity contribution in [3.05, 3.63) is 0 Å². The van der Waals surface area contributed by atoms with Gasteiger partial charge in [0.25, 0.3) is 0 Å².